The van der Waals surface area contributed by atoms with Gasteiger partial charge < -0.3 is 15.5 Å². The largest absolute Gasteiger partial charge is 0.396 e. The van der Waals surface area contributed by atoms with Crippen molar-refractivity contribution in [3.05, 3.63) is 29.7 Å². The maximum Gasteiger partial charge on any atom is 0.396 e. The van der Waals surface area contributed by atoms with E-state index in [4.69, 9.17) is 0 Å². The molecule has 2 aromatic heterocycles. The lowest BCUT2D eigenvalue weighted by Gasteiger charge is -2.38. The van der Waals surface area contributed by atoms with Crippen LogP contribution in [0.15, 0.2) is 18.5 Å². The summed E-state index contributed by atoms with van der Waals surface area (Å²) in [5, 5.41) is 10.3. The number of likely N-dealkylation sites (N-methyl/N-ethyl adjacent to an activating group) is 1. The number of rotatable bonds is 6. The molecule has 1 atom stereocenters. The molecule has 7 nitrogen and oxygen atoms in total. The van der Waals surface area contributed by atoms with Gasteiger partial charge in [-0.1, -0.05) is 13.8 Å². The minimum absolute atomic E-state index is 0. The summed E-state index contributed by atoms with van der Waals surface area (Å²) in [5.74, 6) is 0.721. The van der Waals surface area contributed by atoms with Crippen molar-refractivity contribution in [2.24, 2.45) is 11.3 Å². The predicted molar refractivity (Wildman–Crippen MR) is 122 cm³/mol. The van der Waals surface area contributed by atoms with Crippen LogP contribution < -0.4 is 15.5 Å². The SMILES string of the molecule is Cc1nc(NCc2cnn(CC3(C(F)(F)F)CC3)c2)cc2c1NC(=O)[C@H](C(C)C)N2C.S. The van der Waals surface area contributed by atoms with Crippen LogP contribution in [-0.4, -0.2) is 39.9 Å². The van der Waals surface area contributed by atoms with Crippen molar-refractivity contribution in [1.29, 1.82) is 0 Å². The van der Waals surface area contributed by atoms with Gasteiger partial charge in [-0.3, -0.25) is 9.48 Å². The molecule has 0 spiro atoms. The average molecular weight is 471 g/mol. The summed E-state index contributed by atoms with van der Waals surface area (Å²) in [6, 6.07) is 1.61. The first-order chi connectivity index (χ1) is 14.5. The smallest absolute Gasteiger partial charge is 0.366 e. The van der Waals surface area contributed by atoms with Crippen molar-refractivity contribution >= 4 is 36.6 Å². The van der Waals surface area contributed by atoms with Gasteiger partial charge in [-0.05, 0) is 25.7 Å². The lowest BCUT2D eigenvalue weighted by Crippen LogP contribution is -2.49. The number of halogens is 3. The number of fused-ring (bicyclic) bond motifs is 1. The van der Waals surface area contributed by atoms with Gasteiger partial charge in [0.25, 0.3) is 0 Å². The van der Waals surface area contributed by atoms with Crippen molar-refractivity contribution in [3.63, 3.8) is 0 Å². The summed E-state index contributed by atoms with van der Waals surface area (Å²) >= 11 is 0. The first-order valence-electron chi connectivity index (χ1n) is 10.4. The number of anilines is 3. The van der Waals surface area contributed by atoms with E-state index in [9.17, 15) is 18.0 Å². The summed E-state index contributed by atoms with van der Waals surface area (Å²) in [6.45, 7) is 6.07. The van der Waals surface area contributed by atoms with E-state index < -0.39 is 11.6 Å². The van der Waals surface area contributed by atoms with Gasteiger partial charge in [-0.15, -0.1) is 0 Å². The normalized spacial score (nSPS) is 19.3. The molecule has 4 rings (SSSR count). The molecule has 0 unspecified atom stereocenters. The highest BCUT2D eigenvalue weighted by atomic mass is 32.1. The molecule has 3 heterocycles. The number of nitrogens with zero attached hydrogens (tertiary/aromatic N) is 4. The molecule has 0 saturated heterocycles. The number of carbonyl (C=O) groups excluding carboxylic acids is 1. The van der Waals surface area contributed by atoms with E-state index in [2.05, 4.69) is 20.7 Å². The minimum Gasteiger partial charge on any atom is -0.366 e. The number of nitrogens with one attached hydrogen (secondary N) is 2. The number of pyridine rings is 1. The van der Waals surface area contributed by atoms with Crippen LogP contribution >= 0.6 is 13.5 Å². The van der Waals surface area contributed by atoms with Crippen molar-refractivity contribution < 1.29 is 18.0 Å². The number of aryl methyl sites for hydroxylation is 1. The molecule has 2 N–H and O–H groups in total. The Labute approximate surface area is 192 Å². The zero-order valence-corrected chi connectivity index (χ0v) is 19.5. The van der Waals surface area contributed by atoms with Gasteiger partial charge >= 0.3 is 6.18 Å². The van der Waals surface area contributed by atoms with Crippen LogP contribution in [0, 0.1) is 18.3 Å². The summed E-state index contributed by atoms with van der Waals surface area (Å²) in [5.41, 5.74) is 1.42. The van der Waals surface area contributed by atoms with E-state index in [1.54, 1.807) is 12.4 Å². The second-order valence-corrected chi connectivity index (χ2v) is 8.95. The van der Waals surface area contributed by atoms with Crippen molar-refractivity contribution in [3.8, 4) is 0 Å². The molecule has 1 aliphatic heterocycles. The highest BCUT2D eigenvalue weighted by Crippen LogP contribution is 2.58. The molecular weight excluding hydrogens is 441 g/mol. The fourth-order valence-corrected chi connectivity index (χ4v) is 4.22. The molecular formula is C21H29F3N6OS. The van der Waals surface area contributed by atoms with Crippen LogP contribution in [0.3, 0.4) is 0 Å². The van der Waals surface area contributed by atoms with E-state index in [-0.39, 0.29) is 50.7 Å². The Morgan fingerprint density at radius 3 is 2.62 bits per heavy atom. The fraction of sp³-hybridized carbons (Fsp3) is 0.571. The minimum atomic E-state index is -4.20. The summed E-state index contributed by atoms with van der Waals surface area (Å²) in [7, 11) is 1.89. The monoisotopic (exact) mass is 470 g/mol. The number of aromatic nitrogens is 3. The molecule has 1 amide bonds. The Morgan fingerprint density at radius 2 is 2.03 bits per heavy atom. The summed E-state index contributed by atoms with van der Waals surface area (Å²) in [6.07, 6.45) is -0.665. The van der Waals surface area contributed by atoms with E-state index in [1.165, 1.54) is 4.68 Å². The first kappa shape index (κ1) is 24.2. The van der Waals surface area contributed by atoms with Gasteiger partial charge in [0.05, 0.1) is 35.2 Å². The molecule has 0 aromatic carbocycles. The van der Waals surface area contributed by atoms with E-state index in [0.29, 0.717) is 23.7 Å². The topological polar surface area (TPSA) is 75.1 Å². The van der Waals surface area contributed by atoms with E-state index in [0.717, 1.165) is 11.3 Å². The van der Waals surface area contributed by atoms with Crippen molar-refractivity contribution in [1.82, 2.24) is 14.8 Å². The van der Waals surface area contributed by atoms with Gasteiger partial charge in [0.15, 0.2) is 0 Å². The van der Waals surface area contributed by atoms with Crippen LogP contribution in [0.5, 0.6) is 0 Å². The van der Waals surface area contributed by atoms with Gasteiger partial charge in [0.2, 0.25) is 5.91 Å². The quantitative estimate of drug-likeness (QED) is 0.666. The third kappa shape index (κ3) is 4.39. The molecule has 176 valence electrons. The highest BCUT2D eigenvalue weighted by molar-refractivity contribution is 7.59. The zero-order chi connectivity index (χ0) is 22.6. The molecule has 1 fully saturated rings. The predicted octanol–water partition coefficient (Wildman–Crippen LogP) is 4.07. The van der Waals surface area contributed by atoms with Gasteiger partial charge in [-0.25, -0.2) is 4.98 Å². The summed E-state index contributed by atoms with van der Waals surface area (Å²) < 4.78 is 40.9. The Balaban J connectivity index is 0.00000289. The molecule has 32 heavy (non-hydrogen) atoms. The fourth-order valence-electron chi connectivity index (χ4n) is 4.22. The number of alkyl halides is 3. The second kappa shape index (κ2) is 8.49. The van der Waals surface area contributed by atoms with Crippen LogP contribution in [-0.2, 0) is 17.9 Å². The molecule has 2 aromatic rings. The number of carbonyl (C=O) groups is 1. The molecule has 1 aliphatic carbocycles. The molecule has 2 aliphatic rings. The van der Waals surface area contributed by atoms with E-state index >= 15 is 0 Å². The summed E-state index contributed by atoms with van der Waals surface area (Å²) in [4.78, 5) is 18.9. The highest BCUT2D eigenvalue weighted by Gasteiger charge is 2.63. The van der Waals surface area contributed by atoms with Crippen LogP contribution in [0.1, 0.15) is 37.9 Å². The Bertz CT molecular complexity index is 1000. The number of amides is 1. The Morgan fingerprint density at radius 1 is 1.34 bits per heavy atom. The molecule has 11 heteroatoms. The number of hydrogen-bond donors (Lipinski definition) is 2. The third-order valence-corrected chi connectivity index (χ3v) is 6.20. The van der Waals surface area contributed by atoms with Crippen molar-refractivity contribution in [2.75, 3.05) is 22.6 Å². The van der Waals surface area contributed by atoms with Crippen LogP contribution in [0.2, 0.25) is 0 Å². The van der Waals surface area contributed by atoms with Crippen LogP contribution in [0.4, 0.5) is 30.4 Å². The molecule has 0 radical (unpaired) electrons. The first-order valence-corrected chi connectivity index (χ1v) is 10.4. The van der Waals surface area contributed by atoms with E-state index in [1.807, 2.05) is 38.8 Å². The Kier molecular flexibility index (Phi) is 6.43. The Hall–Kier alpha value is -2.43. The maximum absolute atomic E-state index is 13.2. The lowest BCUT2D eigenvalue weighted by atomic mass is 9.98. The van der Waals surface area contributed by atoms with Crippen molar-refractivity contribution in [2.45, 2.75) is 58.9 Å². The lowest BCUT2D eigenvalue weighted by molar-refractivity contribution is -0.191. The number of hydrogen-bond acceptors (Lipinski definition) is 5. The van der Waals surface area contributed by atoms with Crippen LogP contribution in [0.25, 0.3) is 0 Å². The zero-order valence-electron chi connectivity index (χ0n) is 18.5. The van der Waals surface area contributed by atoms with Gasteiger partial charge in [-0.2, -0.15) is 31.8 Å². The average Bonchev–Trinajstić information content (AvgIpc) is 3.32. The standard InChI is InChI=1S/C21H27F3N6O.H2S/c1-12(2)18-19(31)28-17-13(3)27-16(7-15(17)29(18)4)25-8-14-9-26-30(10-14)11-20(5-6-20)21(22,23)24;/h7,9-10,12,18H,5-6,8,11H2,1-4H3,(H,25,27)(H,28,31);1H2/t18-;/m0./s1. The van der Waals surface area contributed by atoms with Gasteiger partial charge in [0, 0.05) is 31.4 Å². The van der Waals surface area contributed by atoms with Gasteiger partial charge in [0.1, 0.15) is 11.9 Å². The maximum atomic E-state index is 13.2. The molecule has 1 saturated carbocycles. The molecule has 0 bridgehead atoms. The second-order valence-electron chi connectivity index (χ2n) is 8.95. The third-order valence-electron chi connectivity index (χ3n) is 6.20.